The molecule has 1 aliphatic heterocycles. The summed E-state index contributed by atoms with van der Waals surface area (Å²) in [6, 6.07) is 3.71. The van der Waals surface area contributed by atoms with Crippen LogP contribution in [0.3, 0.4) is 0 Å². The van der Waals surface area contributed by atoms with Gasteiger partial charge in [-0.1, -0.05) is 0 Å². The number of aryl methyl sites for hydroxylation is 1. The molecule has 0 atom stereocenters. The first-order valence-corrected chi connectivity index (χ1v) is 7.78. The minimum absolute atomic E-state index is 0.616. The van der Waals surface area contributed by atoms with Gasteiger partial charge in [0.05, 0.1) is 30.8 Å². The van der Waals surface area contributed by atoms with Crippen molar-refractivity contribution in [1.82, 2.24) is 24.6 Å². The largest absolute Gasteiger partial charge is 0.378 e. The molecule has 122 valence electrons. The topological polar surface area (TPSA) is 92.3 Å². The van der Waals surface area contributed by atoms with Crippen LogP contribution in [0.4, 0.5) is 5.82 Å². The van der Waals surface area contributed by atoms with Crippen LogP contribution in [0.15, 0.2) is 24.5 Å². The van der Waals surface area contributed by atoms with Gasteiger partial charge < -0.3 is 15.0 Å². The van der Waals surface area contributed by atoms with Crippen molar-refractivity contribution in [3.63, 3.8) is 0 Å². The quantitative estimate of drug-likeness (QED) is 0.731. The van der Waals surface area contributed by atoms with Crippen LogP contribution in [0.1, 0.15) is 11.5 Å². The van der Waals surface area contributed by atoms with Gasteiger partial charge in [0.2, 0.25) is 0 Å². The predicted molar refractivity (Wildman–Crippen MR) is 89.7 cm³/mol. The van der Waals surface area contributed by atoms with Gasteiger partial charge in [-0.3, -0.25) is 4.98 Å². The van der Waals surface area contributed by atoms with E-state index in [2.05, 4.69) is 20.0 Å². The fourth-order valence-corrected chi connectivity index (χ4v) is 2.75. The van der Waals surface area contributed by atoms with Gasteiger partial charge in [-0.05, 0) is 19.1 Å². The molecule has 0 unspecified atom stereocenters. The molecule has 0 radical (unpaired) electrons. The van der Waals surface area contributed by atoms with E-state index in [9.17, 15) is 0 Å². The number of rotatable bonds is 3. The molecule has 1 aliphatic rings. The predicted octanol–water partition coefficient (Wildman–Crippen LogP) is 1.33. The van der Waals surface area contributed by atoms with Gasteiger partial charge in [-0.15, -0.1) is 0 Å². The molecule has 24 heavy (non-hydrogen) atoms. The Morgan fingerprint density at radius 3 is 2.75 bits per heavy atom. The number of nitrogens with one attached hydrogen (secondary N) is 1. The number of morpholine rings is 1. The van der Waals surface area contributed by atoms with Gasteiger partial charge in [0, 0.05) is 31.1 Å². The zero-order chi connectivity index (χ0) is 16.5. The van der Waals surface area contributed by atoms with Crippen molar-refractivity contribution in [3.05, 3.63) is 36.0 Å². The van der Waals surface area contributed by atoms with Crippen LogP contribution in [-0.2, 0) is 4.74 Å². The third kappa shape index (κ3) is 2.61. The smallest absolute Gasteiger partial charge is 0.198 e. The number of pyridine rings is 1. The number of aromatic nitrogens is 5. The van der Waals surface area contributed by atoms with E-state index in [1.165, 1.54) is 6.21 Å². The second-order valence-electron chi connectivity index (χ2n) is 5.59. The van der Waals surface area contributed by atoms with E-state index in [0.29, 0.717) is 24.7 Å². The van der Waals surface area contributed by atoms with E-state index < -0.39 is 0 Å². The summed E-state index contributed by atoms with van der Waals surface area (Å²) in [6.07, 6.45) is 4.81. The summed E-state index contributed by atoms with van der Waals surface area (Å²) in [7, 11) is 0. The van der Waals surface area contributed by atoms with Crippen molar-refractivity contribution in [2.75, 3.05) is 31.2 Å². The molecule has 4 rings (SSSR count). The Morgan fingerprint density at radius 1 is 1.21 bits per heavy atom. The monoisotopic (exact) mass is 323 g/mol. The summed E-state index contributed by atoms with van der Waals surface area (Å²) >= 11 is 0. The molecule has 8 nitrogen and oxygen atoms in total. The Kier molecular flexibility index (Phi) is 3.66. The Balaban J connectivity index is 1.84. The maximum Gasteiger partial charge on any atom is 0.198 e. The Morgan fingerprint density at radius 2 is 2.04 bits per heavy atom. The zero-order valence-electron chi connectivity index (χ0n) is 13.3. The van der Waals surface area contributed by atoms with E-state index in [0.717, 1.165) is 35.8 Å². The van der Waals surface area contributed by atoms with E-state index in [4.69, 9.17) is 15.1 Å². The van der Waals surface area contributed by atoms with Gasteiger partial charge in [-0.2, -0.15) is 5.10 Å². The molecule has 0 aromatic carbocycles. The third-order valence-electron chi connectivity index (χ3n) is 3.95. The highest BCUT2D eigenvalue weighted by atomic mass is 16.5. The Hall–Kier alpha value is -2.87. The van der Waals surface area contributed by atoms with Crippen LogP contribution in [0.25, 0.3) is 16.9 Å². The highest BCUT2D eigenvalue weighted by Gasteiger charge is 2.19. The maximum absolute atomic E-state index is 7.25. The lowest BCUT2D eigenvalue weighted by atomic mass is 10.2. The SMILES string of the molecule is Cc1nc2c(N3CCOCC3)nc(-c3ccc(C=N)nc3)cn2n1. The molecule has 1 N–H and O–H groups in total. The average molecular weight is 323 g/mol. The summed E-state index contributed by atoms with van der Waals surface area (Å²) in [5.74, 6) is 1.52. The first-order chi connectivity index (χ1) is 11.7. The lowest BCUT2D eigenvalue weighted by molar-refractivity contribution is 0.122. The lowest BCUT2D eigenvalue weighted by Crippen LogP contribution is -2.37. The first kappa shape index (κ1) is 14.7. The second-order valence-corrected chi connectivity index (χ2v) is 5.59. The molecule has 8 heteroatoms. The van der Waals surface area contributed by atoms with E-state index in [-0.39, 0.29) is 0 Å². The minimum atomic E-state index is 0.616. The molecule has 0 bridgehead atoms. The number of anilines is 1. The van der Waals surface area contributed by atoms with E-state index >= 15 is 0 Å². The molecule has 3 aromatic heterocycles. The van der Waals surface area contributed by atoms with Crippen molar-refractivity contribution >= 4 is 17.7 Å². The van der Waals surface area contributed by atoms with Gasteiger partial charge >= 0.3 is 0 Å². The number of nitrogens with zero attached hydrogens (tertiary/aromatic N) is 6. The van der Waals surface area contributed by atoms with Gasteiger partial charge in [0.25, 0.3) is 0 Å². The molecule has 4 heterocycles. The molecule has 0 aliphatic carbocycles. The summed E-state index contributed by atoms with van der Waals surface area (Å²) in [4.78, 5) is 15.7. The van der Waals surface area contributed by atoms with Crippen LogP contribution < -0.4 is 4.90 Å². The highest BCUT2D eigenvalue weighted by Crippen LogP contribution is 2.24. The number of hydrogen-bond acceptors (Lipinski definition) is 7. The molecule has 0 spiro atoms. The summed E-state index contributed by atoms with van der Waals surface area (Å²) in [6.45, 7) is 4.80. The van der Waals surface area contributed by atoms with Crippen LogP contribution >= 0.6 is 0 Å². The fraction of sp³-hybridized carbons (Fsp3) is 0.312. The van der Waals surface area contributed by atoms with Crippen molar-refractivity contribution in [2.45, 2.75) is 6.92 Å². The fourth-order valence-electron chi connectivity index (χ4n) is 2.75. The summed E-state index contributed by atoms with van der Waals surface area (Å²) in [5.41, 5.74) is 3.02. The maximum atomic E-state index is 7.25. The third-order valence-corrected chi connectivity index (χ3v) is 3.95. The molecule has 0 amide bonds. The molecule has 1 fully saturated rings. The van der Waals surface area contributed by atoms with Crippen LogP contribution in [0, 0.1) is 12.3 Å². The van der Waals surface area contributed by atoms with Crippen molar-refractivity contribution in [1.29, 1.82) is 5.41 Å². The lowest BCUT2D eigenvalue weighted by Gasteiger charge is -2.28. The van der Waals surface area contributed by atoms with E-state index in [1.807, 2.05) is 19.2 Å². The van der Waals surface area contributed by atoms with Crippen LogP contribution in [0.2, 0.25) is 0 Å². The first-order valence-electron chi connectivity index (χ1n) is 7.78. The second kappa shape index (κ2) is 5.97. The van der Waals surface area contributed by atoms with Gasteiger partial charge in [0.1, 0.15) is 5.82 Å². The molecule has 3 aromatic rings. The molecule has 1 saturated heterocycles. The highest BCUT2D eigenvalue weighted by molar-refractivity contribution is 5.75. The Bertz CT molecular complexity index is 881. The average Bonchev–Trinajstić information content (AvgIpc) is 3.02. The van der Waals surface area contributed by atoms with E-state index in [1.54, 1.807) is 16.8 Å². The van der Waals surface area contributed by atoms with Crippen molar-refractivity contribution in [3.8, 4) is 11.3 Å². The summed E-state index contributed by atoms with van der Waals surface area (Å²) in [5, 5.41) is 11.7. The summed E-state index contributed by atoms with van der Waals surface area (Å²) < 4.78 is 7.21. The molecular weight excluding hydrogens is 306 g/mol. The number of hydrogen-bond donors (Lipinski definition) is 1. The number of fused-ring (bicyclic) bond motifs is 1. The Labute approximate surface area is 138 Å². The van der Waals surface area contributed by atoms with Crippen LogP contribution in [-0.4, -0.2) is 57.1 Å². The van der Waals surface area contributed by atoms with Gasteiger partial charge in [0.15, 0.2) is 11.5 Å². The van der Waals surface area contributed by atoms with Crippen LogP contribution in [0.5, 0.6) is 0 Å². The molecule has 0 saturated carbocycles. The zero-order valence-corrected chi connectivity index (χ0v) is 13.3. The normalized spacial score (nSPS) is 15.0. The van der Waals surface area contributed by atoms with Crippen molar-refractivity contribution < 1.29 is 4.74 Å². The minimum Gasteiger partial charge on any atom is -0.378 e. The molecular formula is C16H17N7O. The standard InChI is InChI=1S/C16H17N7O/c1-11-19-16-15(22-4-6-24-7-5-22)20-14(10-23(16)21-11)12-2-3-13(8-17)18-9-12/h2-3,8-10,17H,4-7H2,1H3. The number of ether oxygens (including phenoxy) is 1. The van der Waals surface area contributed by atoms with Crippen molar-refractivity contribution in [2.24, 2.45) is 0 Å². The van der Waals surface area contributed by atoms with Gasteiger partial charge in [-0.25, -0.2) is 14.5 Å².